The molecule has 0 radical (unpaired) electrons. The lowest BCUT2D eigenvalue weighted by molar-refractivity contribution is -0.157. The van der Waals surface area contributed by atoms with E-state index >= 15 is 0 Å². The molecule has 1 aliphatic carbocycles. The maximum Gasteiger partial charge on any atom is 0.310 e. The fraction of sp³-hybridized carbons (Fsp3) is 0.412. The van der Waals surface area contributed by atoms with Crippen molar-refractivity contribution in [1.29, 1.82) is 0 Å². The van der Waals surface area contributed by atoms with Crippen LogP contribution in [-0.2, 0) is 14.3 Å². The van der Waals surface area contributed by atoms with E-state index in [1.165, 1.54) is 7.11 Å². The third kappa shape index (κ3) is 4.73. The van der Waals surface area contributed by atoms with Crippen LogP contribution in [0.4, 0.5) is 5.69 Å². The number of anilines is 1. The van der Waals surface area contributed by atoms with Crippen LogP contribution in [0, 0.1) is 5.92 Å². The van der Waals surface area contributed by atoms with E-state index < -0.39 is 12.0 Å². The second-order valence-electron chi connectivity index (χ2n) is 5.39. The van der Waals surface area contributed by atoms with Crippen LogP contribution in [0.2, 0.25) is 5.02 Å². The Morgan fingerprint density at radius 3 is 2.78 bits per heavy atom. The quantitative estimate of drug-likeness (QED) is 0.659. The van der Waals surface area contributed by atoms with Crippen molar-refractivity contribution >= 4 is 29.2 Å². The summed E-state index contributed by atoms with van der Waals surface area (Å²) in [6, 6.07) is 4.90. The van der Waals surface area contributed by atoms with Gasteiger partial charge in [0.2, 0.25) is 0 Å². The number of allylic oxidation sites excluding steroid dienone is 2. The highest BCUT2D eigenvalue weighted by Crippen LogP contribution is 2.28. The number of rotatable bonds is 5. The Balaban J connectivity index is 1.96. The second kappa shape index (κ2) is 8.02. The number of methoxy groups -OCH3 is 1. The topological polar surface area (TPSA) is 64.6 Å². The van der Waals surface area contributed by atoms with Gasteiger partial charge in [-0.25, -0.2) is 0 Å². The minimum Gasteiger partial charge on any atom is -0.495 e. The largest absolute Gasteiger partial charge is 0.495 e. The van der Waals surface area contributed by atoms with E-state index in [1.54, 1.807) is 25.1 Å². The molecule has 2 atom stereocenters. The van der Waals surface area contributed by atoms with E-state index in [0.29, 0.717) is 22.9 Å². The molecule has 6 heteroatoms. The summed E-state index contributed by atoms with van der Waals surface area (Å²) < 4.78 is 10.4. The number of nitrogens with one attached hydrogen (secondary N) is 1. The molecule has 0 saturated carbocycles. The van der Waals surface area contributed by atoms with Crippen molar-refractivity contribution in [2.24, 2.45) is 5.92 Å². The highest BCUT2D eigenvalue weighted by Gasteiger charge is 2.25. The van der Waals surface area contributed by atoms with Crippen LogP contribution in [0.5, 0.6) is 5.75 Å². The smallest absolute Gasteiger partial charge is 0.310 e. The van der Waals surface area contributed by atoms with Gasteiger partial charge in [-0.1, -0.05) is 23.8 Å². The number of ether oxygens (including phenoxy) is 2. The molecule has 0 saturated heterocycles. The normalized spacial score (nSPS) is 18.1. The maximum atomic E-state index is 12.2. The van der Waals surface area contributed by atoms with Crippen molar-refractivity contribution in [3.8, 4) is 5.75 Å². The van der Waals surface area contributed by atoms with E-state index in [2.05, 4.69) is 5.32 Å². The van der Waals surface area contributed by atoms with Gasteiger partial charge >= 0.3 is 5.97 Å². The first-order valence-corrected chi connectivity index (χ1v) is 7.89. The van der Waals surface area contributed by atoms with Crippen LogP contribution in [-0.4, -0.2) is 25.1 Å². The highest BCUT2D eigenvalue weighted by atomic mass is 35.5. The molecular formula is C17H20ClNO4. The van der Waals surface area contributed by atoms with E-state index in [9.17, 15) is 9.59 Å². The number of hydrogen-bond acceptors (Lipinski definition) is 4. The van der Waals surface area contributed by atoms with Gasteiger partial charge in [-0.15, -0.1) is 0 Å². The fourth-order valence-electron chi connectivity index (χ4n) is 2.34. The molecule has 0 aliphatic heterocycles. The molecule has 1 aromatic rings. The van der Waals surface area contributed by atoms with Crippen molar-refractivity contribution in [2.45, 2.75) is 32.3 Å². The van der Waals surface area contributed by atoms with Crippen molar-refractivity contribution in [2.75, 3.05) is 12.4 Å². The Hall–Kier alpha value is -2.01. The van der Waals surface area contributed by atoms with Gasteiger partial charge in [0, 0.05) is 5.02 Å². The molecule has 1 aliphatic rings. The van der Waals surface area contributed by atoms with Crippen LogP contribution >= 0.6 is 11.6 Å². The average molecular weight is 338 g/mol. The summed E-state index contributed by atoms with van der Waals surface area (Å²) in [6.07, 6.45) is 5.40. The highest BCUT2D eigenvalue weighted by molar-refractivity contribution is 6.31. The predicted octanol–water partition coefficient (Wildman–Crippen LogP) is 3.58. The summed E-state index contributed by atoms with van der Waals surface area (Å²) in [5.74, 6) is -0.449. The van der Waals surface area contributed by atoms with E-state index in [1.807, 2.05) is 12.2 Å². The zero-order valence-corrected chi connectivity index (χ0v) is 13.9. The minimum atomic E-state index is -0.892. The molecule has 1 amide bonds. The monoisotopic (exact) mass is 337 g/mol. The van der Waals surface area contributed by atoms with Crippen molar-refractivity contribution in [1.82, 2.24) is 0 Å². The predicted molar refractivity (Wildman–Crippen MR) is 88.7 cm³/mol. The molecular weight excluding hydrogens is 318 g/mol. The van der Waals surface area contributed by atoms with Crippen molar-refractivity contribution in [3.05, 3.63) is 35.4 Å². The molecule has 0 heterocycles. The summed E-state index contributed by atoms with van der Waals surface area (Å²) in [5.41, 5.74) is 0.438. The lowest BCUT2D eigenvalue weighted by atomic mass is 9.95. The number of carbonyl (C=O) groups excluding carboxylic acids is 2. The first kappa shape index (κ1) is 17.3. The number of halogens is 1. The summed E-state index contributed by atoms with van der Waals surface area (Å²) >= 11 is 5.92. The SMILES string of the molecule is COc1ccc(Cl)cc1NC(=O)[C@@H](C)OC(=O)[C@H]1CC=CCC1. The molecule has 5 nitrogen and oxygen atoms in total. The molecule has 0 spiro atoms. The number of carbonyl (C=O) groups is 2. The first-order valence-electron chi connectivity index (χ1n) is 7.51. The van der Waals surface area contributed by atoms with E-state index in [0.717, 1.165) is 12.8 Å². The molecule has 0 unspecified atom stereocenters. The summed E-state index contributed by atoms with van der Waals surface area (Å²) in [7, 11) is 1.50. The van der Waals surface area contributed by atoms with Gasteiger partial charge in [0.25, 0.3) is 5.91 Å². The Morgan fingerprint density at radius 1 is 1.35 bits per heavy atom. The third-order valence-electron chi connectivity index (χ3n) is 3.68. The molecule has 0 aromatic heterocycles. The molecule has 1 N–H and O–H groups in total. The summed E-state index contributed by atoms with van der Waals surface area (Å²) in [4.78, 5) is 24.3. The lowest BCUT2D eigenvalue weighted by Gasteiger charge is -2.20. The van der Waals surface area contributed by atoms with Crippen molar-refractivity contribution in [3.63, 3.8) is 0 Å². The molecule has 124 valence electrons. The van der Waals surface area contributed by atoms with Gasteiger partial charge in [-0.2, -0.15) is 0 Å². The molecule has 1 aromatic carbocycles. The molecule has 0 fully saturated rings. The van der Waals surface area contributed by atoms with Crippen LogP contribution in [0.1, 0.15) is 26.2 Å². The Bertz CT molecular complexity index is 615. The molecule has 0 bridgehead atoms. The van der Waals surface area contributed by atoms with Crippen LogP contribution < -0.4 is 10.1 Å². The zero-order chi connectivity index (χ0) is 16.8. The number of amides is 1. The Labute approximate surface area is 140 Å². The molecule has 2 rings (SSSR count). The van der Waals surface area contributed by atoms with Gasteiger partial charge in [0.05, 0.1) is 18.7 Å². The van der Waals surface area contributed by atoms with Crippen LogP contribution in [0.15, 0.2) is 30.4 Å². The molecule has 23 heavy (non-hydrogen) atoms. The van der Waals surface area contributed by atoms with Gasteiger partial charge in [-0.05, 0) is 44.4 Å². The second-order valence-corrected chi connectivity index (χ2v) is 5.83. The Morgan fingerprint density at radius 2 is 2.13 bits per heavy atom. The number of hydrogen-bond donors (Lipinski definition) is 1. The average Bonchev–Trinajstić information content (AvgIpc) is 2.55. The van der Waals surface area contributed by atoms with Gasteiger partial charge in [0.1, 0.15) is 5.75 Å². The van der Waals surface area contributed by atoms with Gasteiger partial charge in [0.15, 0.2) is 6.10 Å². The third-order valence-corrected chi connectivity index (χ3v) is 3.92. The minimum absolute atomic E-state index is 0.170. The zero-order valence-electron chi connectivity index (χ0n) is 13.2. The standard InChI is InChI=1S/C17H20ClNO4/c1-11(23-17(21)12-6-4-3-5-7-12)16(20)19-14-10-13(18)8-9-15(14)22-2/h3-4,8-12H,5-7H2,1-2H3,(H,19,20)/t11-,12+/m1/s1. The van der Waals surface area contributed by atoms with Gasteiger partial charge < -0.3 is 14.8 Å². The van der Waals surface area contributed by atoms with Crippen LogP contribution in [0.25, 0.3) is 0 Å². The fourth-order valence-corrected chi connectivity index (χ4v) is 2.52. The van der Waals surface area contributed by atoms with Crippen LogP contribution in [0.3, 0.4) is 0 Å². The number of benzene rings is 1. The summed E-state index contributed by atoms with van der Waals surface area (Å²) in [6.45, 7) is 1.54. The summed E-state index contributed by atoms with van der Waals surface area (Å²) in [5, 5.41) is 3.14. The van der Waals surface area contributed by atoms with Gasteiger partial charge in [-0.3, -0.25) is 9.59 Å². The number of esters is 1. The van der Waals surface area contributed by atoms with E-state index in [-0.39, 0.29) is 11.9 Å². The lowest BCUT2D eigenvalue weighted by Crippen LogP contribution is -2.32. The van der Waals surface area contributed by atoms with E-state index in [4.69, 9.17) is 21.1 Å². The Kier molecular flexibility index (Phi) is 6.04. The van der Waals surface area contributed by atoms with Crippen molar-refractivity contribution < 1.29 is 19.1 Å². The maximum absolute atomic E-state index is 12.2. The first-order chi connectivity index (χ1) is 11.0.